The van der Waals surface area contributed by atoms with Crippen LogP contribution in [0, 0.1) is 0 Å². The number of hydrogen-bond acceptors (Lipinski definition) is 2. The van der Waals surface area contributed by atoms with Gasteiger partial charge in [0.15, 0.2) is 0 Å². The molecule has 4 rings (SSSR count). The molecule has 1 aliphatic rings. The van der Waals surface area contributed by atoms with E-state index in [9.17, 15) is 9.59 Å². The molecule has 3 aromatic rings. The second kappa shape index (κ2) is 7.37. The minimum absolute atomic E-state index is 0.208. The lowest BCUT2D eigenvalue weighted by Gasteiger charge is -2.36. The van der Waals surface area contributed by atoms with Gasteiger partial charge >= 0.3 is 0 Å². The molecule has 3 nitrogen and oxygen atoms in total. The second-order valence-electron chi connectivity index (χ2n) is 6.65. The zero-order valence-corrected chi connectivity index (χ0v) is 15.3. The summed E-state index contributed by atoms with van der Waals surface area (Å²) in [7, 11) is 0. The Balaban J connectivity index is 1.81. The van der Waals surface area contributed by atoms with Gasteiger partial charge in [-0.15, -0.1) is 0 Å². The third-order valence-electron chi connectivity index (χ3n) is 4.98. The number of halogens is 1. The third kappa shape index (κ3) is 3.38. The number of rotatable bonds is 3. The van der Waals surface area contributed by atoms with Crippen molar-refractivity contribution in [2.24, 2.45) is 0 Å². The fourth-order valence-corrected chi connectivity index (χ4v) is 3.84. The Morgan fingerprint density at radius 3 is 1.70 bits per heavy atom. The van der Waals surface area contributed by atoms with Crippen LogP contribution in [0.3, 0.4) is 0 Å². The maximum Gasteiger partial charge on any atom is 0.241 e. The number of benzene rings is 3. The minimum Gasteiger partial charge on any atom is -0.273 e. The Hall–Kier alpha value is -2.91. The van der Waals surface area contributed by atoms with Crippen LogP contribution in [0.2, 0.25) is 5.02 Å². The first kappa shape index (κ1) is 17.5. The number of anilines is 1. The first-order valence-corrected chi connectivity index (χ1v) is 9.26. The van der Waals surface area contributed by atoms with Crippen molar-refractivity contribution in [3.63, 3.8) is 0 Å². The van der Waals surface area contributed by atoms with Crippen LogP contribution in [0.4, 0.5) is 5.69 Å². The first-order chi connectivity index (χ1) is 13.1. The minimum atomic E-state index is -0.381. The van der Waals surface area contributed by atoms with Gasteiger partial charge in [0, 0.05) is 5.02 Å². The van der Waals surface area contributed by atoms with E-state index >= 15 is 0 Å². The van der Waals surface area contributed by atoms with Crippen LogP contribution in [-0.4, -0.2) is 11.8 Å². The van der Waals surface area contributed by atoms with Gasteiger partial charge in [0.25, 0.3) is 0 Å². The number of piperidine rings is 1. The number of nitrogens with zero attached hydrogens (tertiary/aromatic N) is 1. The fourth-order valence-electron chi connectivity index (χ4n) is 3.66. The summed E-state index contributed by atoms with van der Waals surface area (Å²) in [5.41, 5.74) is 2.35. The Bertz CT molecular complexity index is 914. The van der Waals surface area contributed by atoms with E-state index in [1.54, 1.807) is 24.3 Å². The third-order valence-corrected chi connectivity index (χ3v) is 5.21. The summed E-state index contributed by atoms with van der Waals surface area (Å²) in [6, 6.07) is 26.2. The molecule has 4 heteroatoms. The molecule has 1 aliphatic heterocycles. The quantitative estimate of drug-likeness (QED) is 0.592. The topological polar surface area (TPSA) is 37.4 Å². The molecule has 2 amide bonds. The van der Waals surface area contributed by atoms with Crippen molar-refractivity contribution in [3.8, 4) is 0 Å². The van der Waals surface area contributed by atoms with Gasteiger partial charge in [-0.05, 0) is 35.7 Å². The van der Waals surface area contributed by atoms with E-state index in [0.29, 0.717) is 17.1 Å². The molecule has 2 atom stereocenters. The average Bonchev–Trinajstić information content (AvgIpc) is 2.70. The second-order valence-corrected chi connectivity index (χ2v) is 7.09. The molecule has 134 valence electrons. The van der Waals surface area contributed by atoms with E-state index in [-0.39, 0.29) is 23.7 Å². The normalized spacial score (nSPS) is 20.0. The Morgan fingerprint density at radius 1 is 0.704 bits per heavy atom. The molecular weight excluding hydrogens is 358 g/mol. The maximum absolute atomic E-state index is 13.3. The Morgan fingerprint density at radius 2 is 1.22 bits per heavy atom. The summed E-state index contributed by atoms with van der Waals surface area (Å²) in [5, 5.41) is 0.492. The van der Waals surface area contributed by atoms with Crippen molar-refractivity contribution >= 4 is 29.1 Å². The fraction of sp³-hybridized carbons (Fsp3) is 0.130. The van der Waals surface area contributed by atoms with Gasteiger partial charge in [0.2, 0.25) is 11.8 Å². The van der Waals surface area contributed by atoms with Gasteiger partial charge in [-0.25, -0.2) is 4.90 Å². The van der Waals surface area contributed by atoms with Gasteiger partial charge in [0.05, 0.1) is 17.5 Å². The van der Waals surface area contributed by atoms with Crippen molar-refractivity contribution in [2.75, 3.05) is 4.90 Å². The molecule has 3 aromatic carbocycles. The van der Waals surface area contributed by atoms with Crippen LogP contribution >= 0.6 is 11.6 Å². The molecule has 27 heavy (non-hydrogen) atoms. The summed E-state index contributed by atoms with van der Waals surface area (Å²) in [4.78, 5) is 27.9. The van der Waals surface area contributed by atoms with E-state index in [1.807, 2.05) is 60.7 Å². The number of hydrogen-bond donors (Lipinski definition) is 0. The van der Waals surface area contributed by atoms with Crippen LogP contribution in [0.25, 0.3) is 0 Å². The lowest BCUT2D eigenvalue weighted by atomic mass is 9.80. The predicted molar refractivity (Wildman–Crippen MR) is 107 cm³/mol. The van der Waals surface area contributed by atoms with Crippen molar-refractivity contribution < 1.29 is 9.59 Å². The van der Waals surface area contributed by atoms with Crippen LogP contribution < -0.4 is 4.90 Å². The standard InChI is InChI=1S/C23H18ClNO2/c24-18-12-7-13-19(14-18)25-22(26)20(16-8-3-1-4-9-16)15-21(23(25)27)17-10-5-2-6-11-17/h1-14,20-21H,15H2. The molecule has 0 N–H and O–H groups in total. The van der Waals surface area contributed by atoms with E-state index in [0.717, 1.165) is 11.1 Å². The highest BCUT2D eigenvalue weighted by Gasteiger charge is 2.42. The number of amides is 2. The van der Waals surface area contributed by atoms with Crippen molar-refractivity contribution in [3.05, 3.63) is 101 Å². The smallest absolute Gasteiger partial charge is 0.241 e. The van der Waals surface area contributed by atoms with E-state index in [1.165, 1.54) is 4.90 Å². The Kier molecular flexibility index (Phi) is 4.78. The molecule has 0 radical (unpaired) electrons. The lowest BCUT2D eigenvalue weighted by Crippen LogP contribution is -2.48. The zero-order chi connectivity index (χ0) is 18.8. The van der Waals surface area contributed by atoms with Crippen molar-refractivity contribution in [1.82, 2.24) is 0 Å². The summed E-state index contributed by atoms with van der Waals surface area (Å²) >= 11 is 6.12. The molecule has 0 aliphatic carbocycles. The van der Waals surface area contributed by atoms with Gasteiger partial charge in [-0.1, -0.05) is 78.3 Å². The summed E-state index contributed by atoms with van der Waals surface area (Å²) in [6.07, 6.45) is 0.461. The van der Waals surface area contributed by atoms with Crippen molar-refractivity contribution in [2.45, 2.75) is 18.3 Å². The highest BCUT2D eigenvalue weighted by molar-refractivity contribution is 6.31. The van der Waals surface area contributed by atoms with Crippen LogP contribution in [-0.2, 0) is 9.59 Å². The highest BCUT2D eigenvalue weighted by Crippen LogP contribution is 2.39. The predicted octanol–water partition coefficient (Wildman–Crippen LogP) is 5.17. The monoisotopic (exact) mass is 375 g/mol. The highest BCUT2D eigenvalue weighted by atomic mass is 35.5. The van der Waals surface area contributed by atoms with Gasteiger partial charge in [0.1, 0.15) is 0 Å². The summed E-state index contributed by atoms with van der Waals surface area (Å²) < 4.78 is 0. The molecule has 1 fully saturated rings. The summed E-state index contributed by atoms with van der Waals surface area (Å²) in [6.45, 7) is 0. The van der Waals surface area contributed by atoms with Gasteiger partial charge < -0.3 is 0 Å². The van der Waals surface area contributed by atoms with E-state index in [4.69, 9.17) is 11.6 Å². The number of carbonyl (C=O) groups excluding carboxylic acids is 2. The van der Waals surface area contributed by atoms with E-state index in [2.05, 4.69) is 0 Å². The Labute approximate surface area is 163 Å². The van der Waals surface area contributed by atoms with Crippen LogP contribution in [0.15, 0.2) is 84.9 Å². The van der Waals surface area contributed by atoms with E-state index < -0.39 is 0 Å². The lowest BCUT2D eigenvalue weighted by molar-refractivity contribution is -0.131. The average molecular weight is 376 g/mol. The first-order valence-electron chi connectivity index (χ1n) is 8.88. The largest absolute Gasteiger partial charge is 0.273 e. The van der Waals surface area contributed by atoms with Gasteiger partial charge in [-0.2, -0.15) is 0 Å². The number of carbonyl (C=O) groups is 2. The summed E-state index contributed by atoms with van der Waals surface area (Å²) in [5.74, 6) is -1.18. The van der Waals surface area contributed by atoms with Gasteiger partial charge in [-0.3, -0.25) is 9.59 Å². The van der Waals surface area contributed by atoms with Crippen LogP contribution in [0.1, 0.15) is 29.4 Å². The maximum atomic E-state index is 13.3. The number of imide groups is 1. The SMILES string of the molecule is O=C1C(c2ccccc2)CC(c2ccccc2)C(=O)N1c1cccc(Cl)c1. The molecule has 1 heterocycles. The molecule has 0 saturated carbocycles. The molecule has 0 spiro atoms. The zero-order valence-electron chi connectivity index (χ0n) is 14.6. The van der Waals surface area contributed by atoms with Crippen molar-refractivity contribution in [1.29, 1.82) is 0 Å². The molecular formula is C23H18ClNO2. The molecule has 0 bridgehead atoms. The molecule has 1 saturated heterocycles. The molecule has 2 unspecified atom stereocenters. The molecule has 0 aromatic heterocycles. The van der Waals surface area contributed by atoms with Crippen LogP contribution in [0.5, 0.6) is 0 Å².